The van der Waals surface area contributed by atoms with E-state index in [1.807, 2.05) is 50.0 Å². The fraction of sp³-hybridized carbons (Fsp3) is 0.436. The number of hydrogen-bond acceptors (Lipinski definition) is 13. The molecular formula is C39H50N4O11S3-2. The number of nitrogens with two attached hydrogens (primary N) is 1. The van der Waals surface area contributed by atoms with Gasteiger partial charge in [0.2, 0.25) is 11.6 Å². The van der Waals surface area contributed by atoms with Gasteiger partial charge in [-0.1, -0.05) is 30.4 Å². The van der Waals surface area contributed by atoms with Crippen LogP contribution in [0.1, 0.15) is 76.8 Å². The molecular weight excluding hydrogens is 797 g/mol. The summed E-state index contributed by atoms with van der Waals surface area (Å²) in [5, 5.41) is 0. The Labute approximate surface area is 335 Å². The number of anilines is 1. The van der Waals surface area contributed by atoms with Gasteiger partial charge in [0.15, 0.2) is 5.71 Å². The van der Waals surface area contributed by atoms with Crippen LogP contribution in [0.3, 0.4) is 0 Å². The zero-order valence-corrected chi connectivity index (χ0v) is 34.9. The zero-order valence-electron chi connectivity index (χ0n) is 32.5. The van der Waals surface area contributed by atoms with Crippen molar-refractivity contribution in [1.29, 1.82) is 0 Å². The molecule has 18 heteroatoms. The first-order valence-corrected chi connectivity index (χ1v) is 22.9. The van der Waals surface area contributed by atoms with Crippen molar-refractivity contribution in [2.45, 2.75) is 86.3 Å². The van der Waals surface area contributed by atoms with Crippen molar-refractivity contribution >= 4 is 53.3 Å². The molecule has 57 heavy (non-hydrogen) atoms. The van der Waals surface area contributed by atoms with Crippen molar-refractivity contribution in [1.82, 2.24) is 5.43 Å². The van der Waals surface area contributed by atoms with Crippen molar-refractivity contribution < 1.29 is 53.0 Å². The average Bonchev–Trinajstić information content (AvgIpc) is 3.51. The van der Waals surface area contributed by atoms with E-state index in [1.54, 1.807) is 37.5 Å². The minimum Gasteiger partial charge on any atom is -0.748 e. The normalized spacial score (nSPS) is 20.8. The van der Waals surface area contributed by atoms with E-state index in [2.05, 4.69) is 10.0 Å². The van der Waals surface area contributed by atoms with Crippen molar-refractivity contribution in [3.63, 3.8) is 0 Å². The maximum absolute atomic E-state index is 12.0. The number of benzene rings is 2. The highest BCUT2D eigenvalue weighted by molar-refractivity contribution is 7.86. The number of fused-ring (bicyclic) bond motifs is 2. The number of amides is 1. The van der Waals surface area contributed by atoms with Gasteiger partial charge in [0.05, 0.1) is 25.3 Å². The Hall–Kier alpha value is -4.01. The standard InChI is InChI=1S/C39H52N4O11S3/c1-5-42-33-20-18-29(56(48,49)50)27-31(33)38(2,22-14-26-55(45,46)47)35(42)15-10-7-6-8-11-16-36-39(3,23-25-54-4)32-28-30(57(51,52)53)19-21-34(32)43(36)24-13-9-12-17-37(44)41-40/h6-8,10-11,15-16,18-21,27-28H,5,9,12-14,17,22-26,40H2,1-4H3,(H3-,41,44,45,46,47,48,49,50,51,52,53)/p-2. The van der Waals surface area contributed by atoms with Gasteiger partial charge in [-0.25, -0.2) is 31.1 Å². The van der Waals surface area contributed by atoms with E-state index in [-0.39, 0.29) is 30.1 Å². The maximum atomic E-state index is 12.0. The Morgan fingerprint density at radius 1 is 0.842 bits per heavy atom. The molecule has 4 rings (SSSR count). The van der Waals surface area contributed by atoms with E-state index in [9.17, 15) is 43.7 Å². The molecule has 0 aliphatic carbocycles. The second-order valence-electron chi connectivity index (χ2n) is 14.4. The lowest BCUT2D eigenvalue weighted by Gasteiger charge is -2.30. The molecule has 0 aromatic heterocycles. The smallest absolute Gasteiger partial charge is 0.233 e. The number of likely N-dealkylation sites (N-methyl/N-ethyl adjacent to an activating group) is 1. The number of ether oxygens (including phenoxy) is 1. The molecule has 0 bridgehead atoms. The van der Waals surface area contributed by atoms with Crippen LogP contribution < -0.4 is 16.2 Å². The van der Waals surface area contributed by atoms with Gasteiger partial charge in [0.25, 0.3) is 0 Å². The van der Waals surface area contributed by atoms with E-state index in [0.29, 0.717) is 55.8 Å². The Balaban J connectivity index is 1.67. The summed E-state index contributed by atoms with van der Waals surface area (Å²) in [5.41, 5.74) is 4.75. The third-order valence-corrected chi connectivity index (χ3v) is 13.0. The highest BCUT2D eigenvalue weighted by Crippen LogP contribution is 2.51. The SMILES string of the molecule is CCN1/C(=C/C=C/C=C/C=C/C2=[N+](CCCCCC(=O)NN)c3ccc(S(=O)(=O)[O-])cc3C2(C)CCOC)C(C)(CCCS(=O)(=O)[O-])c2cc(S(=O)(=O)[O-])ccc21. The van der Waals surface area contributed by atoms with Crippen LogP contribution in [0.5, 0.6) is 0 Å². The number of nitrogens with one attached hydrogen (secondary N) is 1. The molecule has 2 aromatic carbocycles. The topological polar surface area (TPSA) is 242 Å². The lowest BCUT2D eigenvalue weighted by molar-refractivity contribution is -0.438. The molecule has 3 N–H and O–H groups in total. The summed E-state index contributed by atoms with van der Waals surface area (Å²) in [4.78, 5) is 12.8. The fourth-order valence-electron chi connectivity index (χ4n) is 7.68. The molecule has 2 atom stereocenters. The van der Waals surface area contributed by atoms with Crippen LogP contribution in [0, 0.1) is 0 Å². The predicted octanol–water partition coefficient (Wildman–Crippen LogP) is 4.11. The second-order valence-corrected chi connectivity index (χ2v) is 18.7. The first kappa shape index (κ1) is 45.7. The monoisotopic (exact) mass is 846 g/mol. The Morgan fingerprint density at radius 3 is 2.09 bits per heavy atom. The van der Waals surface area contributed by atoms with Crippen molar-refractivity contribution in [3.8, 4) is 0 Å². The van der Waals surface area contributed by atoms with Gasteiger partial charge in [-0.2, -0.15) is 4.58 Å². The van der Waals surface area contributed by atoms with Crippen LogP contribution in [0.15, 0.2) is 94.4 Å². The molecule has 15 nitrogen and oxygen atoms in total. The third kappa shape index (κ3) is 10.9. The Morgan fingerprint density at radius 2 is 1.47 bits per heavy atom. The van der Waals surface area contributed by atoms with Gasteiger partial charge >= 0.3 is 0 Å². The van der Waals surface area contributed by atoms with E-state index in [0.717, 1.165) is 23.5 Å². The summed E-state index contributed by atoms with van der Waals surface area (Å²) in [5.74, 6) is 4.36. The van der Waals surface area contributed by atoms with Crippen LogP contribution in [0.4, 0.5) is 11.4 Å². The molecule has 0 fully saturated rings. The molecule has 0 spiro atoms. The summed E-state index contributed by atoms with van der Waals surface area (Å²) in [6, 6.07) is 8.53. The van der Waals surface area contributed by atoms with Crippen LogP contribution in [-0.4, -0.2) is 87.7 Å². The van der Waals surface area contributed by atoms with Crippen LogP contribution in [-0.2, 0) is 50.7 Å². The highest BCUT2D eigenvalue weighted by Gasteiger charge is 2.48. The number of rotatable bonds is 20. The van der Waals surface area contributed by atoms with Gasteiger partial charge in [0, 0.05) is 73.4 Å². The van der Waals surface area contributed by atoms with E-state index in [4.69, 9.17) is 10.6 Å². The van der Waals surface area contributed by atoms with Crippen molar-refractivity contribution in [2.24, 2.45) is 5.84 Å². The highest BCUT2D eigenvalue weighted by atomic mass is 32.2. The molecule has 312 valence electrons. The van der Waals surface area contributed by atoms with E-state index < -0.39 is 51.8 Å². The molecule has 0 radical (unpaired) electrons. The Bertz CT molecular complexity index is 2320. The minimum absolute atomic E-state index is 0.0158. The van der Waals surface area contributed by atoms with Gasteiger partial charge in [-0.05, 0) is 94.8 Å². The van der Waals surface area contributed by atoms with Gasteiger partial charge in [0.1, 0.15) is 26.8 Å². The van der Waals surface area contributed by atoms with Crippen molar-refractivity contribution in [3.05, 3.63) is 95.8 Å². The molecule has 2 aromatic rings. The first-order valence-electron chi connectivity index (χ1n) is 18.5. The molecule has 0 saturated carbocycles. The zero-order chi connectivity index (χ0) is 42.2. The van der Waals surface area contributed by atoms with Gasteiger partial charge in [-0.3, -0.25) is 10.2 Å². The van der Waals surface area contributed by atoms with Gasteiger partial charge in [-0.15, -0.1) is 0 Å². The first-order chi connectivity index (χ1) is 26.7. The predicted molar refractivity (Wildman–Crippen MR) is 213 cm³/mol. The number of carbonyl (C=O) groups is 1. The maximum Gasteiger partial charge on any atom is 0.233 e. The average molecular weight is 847 g/mol. The van der Waals surface area contributed by atoms with Crippen LogP contribution in [0.2, 0.25) is 0 Å². The number of nitrogens with zero attached hydrogens (tertiary/aromatic N) is 2. The lowest BCUT2D eigenvalue weighted by Crippen LogP contribution is -2.33. The number of carbonyl (C=O) groups excluding carboxylic acids is 1. The summed E-state index contributed by atoms with van der Waals surface area (Å²) < 4.78 is 114. The number of hydrogen-bond donors (Lipinski definition) is 2. The van der Waals surface area contributed by atoms with Crippen LogP contribution >= 0.6 is 0 Å². The summed E-state index contributed by atoms with van der Waals surface area (Å²) in [6.07, 6.45) is 15.8. The number of allylic oxidation sites excluding steroid dienone is 8. The summed E-state index contributed by atoms with van der Waals surface area (Å²) >= 11 is 0. The largest absolute Gasteiger partial charge is 0.748 e. The summed E-state index contributed by atoms with van der Waals surface area (Å²) in [6.45, 7) is 7.10. The minimum atomic E-state index is -4.77. The number of unbranched alkanes of at least 4 members (excludes halogenated alkanes) is 2. The molecule has 1 amide bonds. The Kier molecular flexibility index (Phi) is 15.0. The molecule has 2 heterocycles. The fourth-order valence-corrected chi connectivity index (χ4v) is 9.17. The quantitative estimate of drug-likeness (QED) is 0.0363. The number of hydrazine groups is 1. The van der Waals surface area contributed by atoms with Gasteiger partial charge < -0.3 is 23.3 Å². The molecule has 2 aliphatic heterocycles. The second kappa shape index (κ2) is 18.7. The third-order valence-electron chi connectivity index (χ3n) is 10.6. The van der Waals surface area contributed by atoms with Crippen LogP contribution in [0.25, 0.3) is 0 Å². The molecule has 2 aliphatic rings. The van der Waals surface area contributed by atoms with E-state index >= 15 is 0 Å². The molecule has 0 saturated heterocycles. The summed E-state index contributed by atoms with van der Waals surface area (Å²) in [7, 11) is -12.4. The van der Waals surface area contributed by atoms with E-state index in [1.165, 1.54) is 24.3 Å². The van der Waals surface area contributed by atoms with Crippen molar-refractivity contribution in [2.75, 3.05) is 37.5 Å². The lowest BCUT2D eigenvalue weighted by atomic mass is 9.76. The molecule has 2 unspecified atom stereocenters. The number of methoxy groups -OCH3 is 1.